The first-order valence-electron chi connectivity index (χ1n) is 6.29. The molecule has 4 nitrogen and oxygen atoms in total. The summed E-state index contributed by atoms with van der Waals surface area (Å²) in [5, 5.41) is 2.84. The molecule has 1 saturated carbocycles. The van der Waals surface area contributed by atoms with Crippen LogP contribution in [0.25, 0.3) is 0 Å². The largest absolute Gasteiger partial charge is 0.452 e. The summed E-state index contributed by atoms with van der Waals surface area (Å²) in [4.78, 5) is 23.4. The van der Waals surface area contributed by atoms with Gasteiger partial charge in [-0.2, -0.15) is 0 Å². The number of amides is 1. The van der Waals surface area contributed by atoms with Crippen molar-refractivity contribution in [2.45, 2.75) is 25.8 Å². The van der Waals surface area contributed by atoms with Crippen molar-refractivity contribution >= 4 is 27.8 Å². The molecule has 0 bridgehead atoms. The fraction of sp³-hybridized carbons (Fsp3) is 0.429. The van der Waals surface area contributed by atoms with Crippen LogP contribution in [0.15, 0.2) is 28.7 Å². The van der Waals surface area contributed by atoms with Gasteiger partial charge in [0.1, 0.15) is 0 Å². The Morgan fingerprint density at radius 2 is 2.11 bits per heavy atom. The molecule has 1 fully saturated rings. The molecular weight excluding hydrogens is 310 g/mol. The van der Waals surface area contributed by atoms with Crippen molar-refractivity contribution in [1.82, 2.24) is 5.32 Å². The monoisotopic (exact) mass is 325 g/mol. The maximum atomic E-state index is 11.8. The van der Waals surface area contributed by atoms with Crippen molar-refractivity contribution in [3.05, 3.63) is 34.3 Å². The third-order valence-corrected chi connectivity index (χ3v) is 3.84. The summed E-state index contributed by atoms with van der Waals surface area (Å²) in [7, 11) is 0. The van der Waals surface area contributed by atoms with E-state index in [9.17, 15) is 9.59 Å². The first-order valence-corrected chi connectivity index (χ1v) is 7.08. The zero-order chi connectivity index (χ0) is 13.8. The van der Waals surface area contributed by atoms with Gasteiger partial charge < -0.3 is 10.1 Å². The van der Waals surface area contributed by atoms with Crippen molar-refractivity contribution in [3.63, 3.8) is 0 Å². The Balaban J connectivity index is 1.80. The van der Waals surface area contributed by atoms with Crippen molar-refractivity contribution in [2.75, 3.05) is 6.61 Å². The molecule has 0 heterocycles. The van der Waals surface area contributed by atoms with Crippen LogP contribution in [0.5, 0.6) is 0 Å². The van der Waals surface area contributed by atoms with Crippen LogP contribution >= 0.6 is 15.9 Å². The van der Waals surface area contributed by atoms with Crippen LogP contribution in [-0.4, -0.2) is 24.5 Å². The zero-order valence-electron chi connectivity index (χ0n) is 10.7. The Bertz CT molecular complexity index is 485. The Kier molecular flexibility index (Phi) is 4.58. The molecule has 0 aliphatic heterocycles. The van der Waals surface area contributed by atoms with Gasteiger partial charge in [-0.1, -0.05) is 12.1 Å². The number of carbonyl (C=O) groups excluding carboxylic acids is 2. The SMILES string of the molecule is C[C@H](NC(=O)COC(=O)c1ccccc1Br)C1CC1. The topological polar surface area (TPSA) is 55.4 Å². The summed E-state index contributed by atoms with van der Waals surface area (Å²) >= 11 is 3.27. The van der Waals surface area contributed by atoms with E-state index < -0.39 is 5.97 Å². The van der Waals surface area contributed by atoms with E-state index in [0.29, 0.717) is 16.0 Å². The molecule has 1 N–H and O–H groups in total. The minimum atomic E-state index is -0.498. The van der Waals surface area contributed by atoms with Crippen molar-refractivity contribution < 1.29 is 14.3 Å². The van der Waals surface area contributed by atoms with Crippen molar-refractivity contribution in [3.8, 4) is 0 Å². The predicted molar refractivity (Wildman–Crippen MR) is 74.8 cm³/mol. The Labute approximate surface area is 120 Å². The van der Waals surface area contributed by atoms with E-state index in [4.69, 9.17) is 4.74 Å². The van der Waals surface area contributed by atoms with Crippen LogP contribution in [-0.2, 0) is 9.53 Å². The highest BCUT2D eigenvalue weighted by atomic mass is 79.9. The van der Waals surface area contributed by atoms with Gasteiger partial charge in [-0.05, 0) is 53.7 Å². The molecule has 1 amide bonds. The van der Waals surface area contributed by atoms with Gasteiger partial charge >= 0.3 is 5.97 Å². The van der Waals surface area contributed by atoms with E-state index in [1.807, 2.05) is 13.0 Å². The third-order valence-electron chi connectivity index (χ3n) is 3.15. The fourth-order valence-electron chi connectivity index (χ4n) is 1.85. The number of ether oxygens (including phenoxy) is 1. The summed E-state index contributed by atoms with van der Waals surface area (Å²) in [6.45, 7) is 1.74. The van der Waals surface area contributed by atoms with Crippen LogP contribution in [0.1, 0.15) is 30.1 Å². The number of nitrogens with one attached hydrogen (secondary N) is 1. The maximum Gasteiger partial charge on any atom is 0.339 e. The number of carbonyl (C=O) groups is 2. The van der Waals surface area contributed by atoms with E-state index in [1.54, 1.807) is 18.2 Å². The van der Waals surface area contributed by atoms with Gasteiger partial charge in [-0.25, -0.2) is 4.79 Å². The molecule has 19 heavy (non-hydrogen) atoms. The molecule has 0 aromatic heterocycles. The minimum absolute atomic E-state index is 0.162. The molecule has 0 saturated heterocycles. The predicted octanol–water partition coefficient (Wildman–Crippen LogP) is 2.52. The molecule has 1 aliphatic rings. The molecule has 0 unspecified atom stereocenters. The summed E-state index contributed by atoms with van der Waals surface area (Å²) in [6.07, 6.45) is 2.33. The smallest absolute Gasteiger partial charge is 0.339 e. The second kappa shape index (κ2) is 6.19. The second-order valence-corrected chi connectivity index (χ2v) is 5.60. The second-order valence-electron chi connectivity index (χ2n) is 4.75. The number of benzene rings is 1. The van der Waals surface area contributed by atoms with Crippen LogP contribution in [0.2, 0.25) is 0 Å². The first-order chi connectivity index (χ1) is 9.08. The summed E-state index contributed by atoms with van der Waals surface area (Å²) < 4.78 is 5.65. The number of halogens is 1. The lowest BCUT2D eigenvalue weighted by molar-refractivity contribution is -0.124. The van der Waals surface area contributed by atoms with E-state index in [1.165, 1.54) is 0 Å². The standard InChI is InChI=1S/C14H16BrNO3/c1-9(10-6-7-10)16-13(17)8-19-14(18)11-4-2-3-5-12(11)15/h2-5,9-10H,6-8H2,1H3,(H,16,17)/t9-/m0/s1. The van der Waals surface area contributed by atoms with Gasteiger partial charge in [0.25, 0.3) is 5.91 Å². The molecule has 0 radical (unpaired) electrons. The lowest BCUT2D eigenvalue weighted by atomic mass is 10.2. The number of esters is 1. The fourth-order valence-corrected chi connectivity index (χ4v) is 2.29. The normalized spacial score (nSPS) is 15.7. The minimum Gasteiger partial charge on any atom is -0.452 e. The van der Waals surface area contributed by atoms with Gasteiger partial charge in [-0.15, -0.1) is 0 Å². The van der Waals surface area contributed by atoms with E-state index in [0.717, 1.165) is 12.8 Å². The highest BCUT2D eigenvalue weighted by Gasteiger charge is 2.29. The highest BCUT2D eigenvalue weighted by molar-refractivity contribution is 9.10. The zero-order valence-corrected chi connectivity index (χ0v) is 12.3. The van der Waals surface area contributed by atoms with Gasteiger partial charge in [0, 0.05) is 10.5 Å². The maximum absolute atomic E-state index is 11.8. The number of hydrogen-bond acceptors (Lipinski definition) is 3. The van der Waals surface area contributed by atoms with Gasteiger partial charge in [-0.3, -0.25) is 4.79 Å². The Morgan fingerprint density at radius 3 is 2.74 bits per heavy atom. The van der Waals surface area contributed by atoms with Gasteiger partial charge in [0.05, 0.1) is 5.56 Å². The first kappa shape index (κ1) is 14.1. The lowest BCUT2D eigenvalue weighted by Crippen LogP contribution is -2.37. The molecule has 1 aromatic rings. The van der Waals surface area contributed by atoms with Crippen LogP contribution in [0, 0.1) is 5.92 Å². The quantitative estimate of drug-likeness (QED) is 0.846. The molecule has 1 aromatic carbocycles. The van der Waals surface area contributed by atoms with Crippen LogP contribution in [0.4, 0.5) is 0 Å². The summed E-state index contributed by atoms with van der Waals surface area (Å²) in [5.74, 6) is -0.163. The van der Waals surface area contributed by atoms with Crippen LogP contribution < -0.4 is 5.32 Å². The van der Waals surface area contributed by atoms with Crippen LogP contribution in [0.3, 0.4) is 0 Å². The average molecular weight is 326 g/mol. The van der Waals surface area contributed by atoms with E-state index in [-0.39, 0.29) is 18.6 Å². The Morgan fingerprint density at radius 1 is 1.42 bits per heavy atom. The molecular formula is C14H16BrNO3. The summed E-state index contributed by atoms with van der Waals surface area (Å²) in [6, 6.07) is 7.12. The van der Waals surface area contributed by atoms with E-state index in [2.05, 4.69) is 21.2 Å². The lowest BCUT2D eigenvalue weighted by Gasteiger charge is -2.12. The van der Waals surface area contributed by atoms with Gasteiger partial charge in [0.15, 0.2) is 6.61 Å². The molecule has 102 valence electrons. The number of hydrogen-bond donors (Lipinski definition) is 1. The van der Waals surface area contributed by atoms with E-state index >= 15 is 0 Å². The highest BCUT2D eigenvalue weighted by Crippen LogP contribution is 2.32. The molecule has 2 rings (SSSR count). The molecule has 0 spiro atoms. The third kappa shape index (κ3) is 4.06. The molecule has 1 aliphatic carbocycles. The number of rotatable bonds is 5. The summed E-state index contributed by atoms with van der Waals surface area (Å²) in [5.41, 5.74) is 0.422. The van der Waals surface area contributed by atoms with Crippen molar-refractivity contribution in [2.24, 2.45) is 5.92 Å². The average Bonchev–Trinajstić information content (AvgIpc) is 3.20. The Hall–Kier alpha value is -1.36. The van der Waals surface area contributed by atoms with Crippen molar-refractivity contribution in [1.29, 1.82) is 0 Å². The molecule has 5 heteroatoms. The molecule has 1 atom stereocenters. The van der Waals surface area contributed by atoms with Gasteiger partial charge in [0.2, 0.25) is 0 Å².